The number of nitrogen functional groups attached to an aromatic ring is 2. The lowest BCUT2D eigenvalue weighted by atomic mass is 9.80. The Morgan fingerprint density at radius 2 is 0.833 bits per heavy atom. The molecule has 0 heterocycles. The van der Waals surface area contributed by atoms with Crippen LogP contribution in [-0.4, -0.2) is 11.6 Å². The minimum Gasteiger partial charge on any atom is -0.455 e. The molecule has 236 valence electrons. The Hall–Kier alpha value is -6.54. The van der Waals surface area contributed by atoms with E-state index in [1.54, 1.807) is 36.4 Å². The summed E-state index contributed by atoms with van der Waals surface area (Å²) in [6.07, 6.45) is 0. The lowest BCUT2D eigenvalue weighted by Crippen LogP contribution is -2.26. The third kappa shape index (κ3) is 5.67. The van der Waals surface area contributed by atoms with Crippen LogP contribution in [0.4, 0.5) is 34.1 Å². The number of rotatable bonds is 8. The van der Waals surface area contributed by atoms with Crippen molar-refractivity contribution in [2.75, 3.05) is 22.1 Å². The van der Waals surface area contributed by atoms with Gasteiger partial charge in [-0.05, 0) is 62.4 Å². The van der Waals surface area contributed by atoms with E-state index in [0.717, 1.165) is 11.1 Å². The predicted octanol–water partition coefficient (Wildman–Crippen LogP) is 9.32. The van der Waals surface area contributed by atoms with E-state index >= 15 is 0 Å². The first kappa shape index (κ1) is 30.1. The number of nitrogens with two attached hydrogens (primary N) is 2. The molecule has 7 rings (SSSR count). The number of para-hydroxylation sites is 2. The van der Waals surface area contributed by atoms with Gasteiger partial charge in [0.1, 0.15) is 11.5 Å². The standard InChI is InChI=1S/C40H32N4O4/c1-23-13-17-25(18-14-23)43-29-21-31(47-27-9-5-3-6-10-27)37(41)35-33(29)39(45)34-30(44-26-19-15-24(2)16-20-26)22-32(38(42)36(34)40(35)46)48-28-11-7-4-8-12-28/h3-22,43-44H,41-42H2,1-2H3. The summed E-state index contributed by atoms with van der Waals surface area (Å²) in [6, 6.07) is 36.9. The van der Waals surface area contributed by atoms with Gasteiger partial charge in [-0.1, -0.05) is 71.8 Å². The molecule has 8 heteroatoms. The minimum atomic E-state index is -0.523. The molecule has 0 spiro atoms. The third-order valence-corrected chi connectivity index (χ3v) is 8.17. The van der Waals surface area contributed by atoms with Crippen molar-refractivity contribution in [1.82, 2.24) is 0 Å². The highest BCUT2D eigenvalue weighted by molar-refractivity contribution is 6.35. The predicted molar refractivity (Wildman–Crippen MR) is 191 cm³/mol. The van der Waals surface area contributed by atoms with Crippen LogP contribution in [0, 0.1) is 13.8 Å². The van der Waals surface area contributed by atoms with Crippen molar-refractivity contribution in [3.05, 3.63) is 155 Å². The van der Waals surface area contributed by atoms with Crippen molar-refractivity contribution in [2.24, 2.45) is 0 Å². The number of hydrogen-bond donors (Lipinski definition) is 4. The van der Waals surface area contributed by atoms with Crippen molar-refractivity contribution in [2.45, 2.75) is 13.8 Å². The summed E-state index contributed by atoms with van der Waals surface area (Å²) >= 11 is 0. The largest absolute Gasteiger partial charge is 0.455 e. The van der Waals surface area contributed by atoms with Crippen molar-refractivity contribution in [3.8, 4) is 23.0 Å². The highest BCUT2D eigenvalue weighted by Crippen LogP contribution is 2.48. The molecule has 0 saturated carbocycles. The summed E-state index contributed by atoms with van der Waals surface area (Å²) in [6.45, 7) is 3.98. The summed E-state index contributed by atoms with van der Waals surface area (Å²) in [5, 5.41) is 6.69. The van der Waals surface area contributed by atoms with E-state index in [1.165, 1.54) is 0 Å². The number of carbonyl (C=O) groups excluding carboxylic acids is 2. The van der Waals surface area contributed by atoms with Crippen molar-refractivity contribution >= 4 is 45.7 Å². The third-order valence-electron chi connectivity index (χ3n) is 8.17. The Morgan fingerprint density at radius 1 is 0.479 bits per heavy atom. The van der Waals surface area contributed by atoms with Gasteiger partial charge in [-0.2, -0.15) is 0 Å². The second kappa shape index (κ2) is 12.3. The van der Waals surface area contributed by atoms with Crippen molar-refractivity contribution in [3.63, 3.8) is 0 Å². The SMILES string of the molecule is Cc1ccc(Nc2cc(Oc3ccccc3)c(N)c3c2C(=O)c2c(Nc4ccc(C)cc4)cc(Oc4ccccc4)c(N)c2C3=O)cc1. The fraction of sp³-hybridized carbons (Fsp3) is 0.0500. The number of aryl methyl sites for hydroxylation is 2. The van der Waals surface area contributed by atoms with Gasteiger partial charge in [0.25, 0.3) is 0 Å². The van der Waals surface area contributed by atoms with Gasteiger partial charge >= 0.3 is 0 Å². The molecular weight excluding hydrogens is 600 g/mol. The van der Waals surface area contributed by atoms with E-state index in [2.05, 4.69) is 10.6 Å². The van der Waals surface area contributed by atoms with Crippen LogP contribution < -0.4 is 31.6 Å². The monoisotopic (exact) mass is 632 g/mol. The molecule has 0 bridgehead atoms. The summed E-state index contributed by atoms with van der Waals surface area (Å²) in [7, 11) is 0. The number of ether oxygens (including phenoxy) is 2. The number of fused-ring (bicyclic) bond motifs is 2. The molecule has 48 heavy (non-hydrogen) atoms. The van der Waals surface area contributed by atoms with E-state index in [0.29, 0.717) is 34.2 Å². The fourth-order valence-electron chi connectivity index (χ4n) is 5.72. The molecule has 0 unspecified atom stereocenters. The van der Waals surface area contributed by atoms with Gasteiger partial charge in [-0.25, -0.2) is 0 Å². The van der Waals surface area contributed by atoms with Gasteiger partial charge in [0.05, 0.1) is 45.0 Å². The Bertz CT molecular complexity index is 2030. The van der Waals surface area contributed by atoms with Crippen LogP contribution in [0.5, 0.6) is 23.0 Å². The molecule has 0 aliphatic heterocycles. The summed E-state index contributed by atoms with van der Waals surface area (Å²) in [5.41, 5.74) is 18.0. The van der Waals surface area contributed by atoms with Crippen LogP contribution in [0.2, 0.25) is 0 Å². The molecule has 0 aromatic heterocycles. The van der Waals surface area contributed by atoms with Crippen LogP contribution in [0.1, 0.15) is 43.0 Å². The summed E-state index contributed by atoms with van der Waals surface area (Å²) in [5.74, 6) is 0.510. The van der Waals surface area contributed by atoms with Gasteiger partial charge in [-0.15, -0.1) is 0 Å². The first-order valence-electron chi connectivity index (χ1n) is 15.4. The van der Waals surface area contributed by atoms with Gasteiger partial charge in [-0.3, -0.25) is 9.59 Å². The molecule has 8 nitrogen and oxygen atoms in total. The maximum atomic E-state index is 14.8. The van der Waals surface area contributed by atoms with Crippen molar-refractivity contribution in [1.29, 1.82) is 0 Å². The molecule has 0 fully saturated rings. The minimum absolute atomic E-state index is 0.000361. The van der Waals surface area contributed by atoms with Gasteiger partial charge in [0, 0.05) is 23.5 Å². The molecule has 6 aromatic carbocycles. The van der Waals surface area contributed by atoms with E-state index < -0.39 is 11.6 Å². The second-order valence-electron chi connectivity index (χ2n) is 11.6. The average molecular weight is 633 g/mol. The summed E-state index contributed by atoms with van der Waals surface area (Å²) in [4.78, 5) is 29.5. The molecule has 0 atom stereocenters. The maximum Gasteiger partial charge on any atom is 0.199 e. The van der Waals surface area contributed by atoms with E-state index in [9.17, 15) is 9.59 Å². The number of carbonyl (C=O) groups is 2. The van der Waals surface area contributed by atoms with Gasteiger partial charge in [0.2, 0.25) is 0 Å². The zero-order chi connectivity index (χ0) is 33.4. The van der Waals surface area contributed by atoms with Crippen LogP contribution in [0.25, 0.3) is 0 Å². The van der Waals surface area contributed by atoms with E-state index in [4.69, 9.17) is 20.9 Å². The van der Waals surface area contributed by atoms with Gasteiger partial charge in [0.15, 0.2) is 23.1 Å². The smallest absolute Gasteiger partial charge is 0.199 e. The summed E-state index contributed by atoms with van der Waals surface area (Å²) < 4.78 is 12.4. The zero-order valence-corrected chi connectivity index (χ0v) is 26.3. The highest BCUT2D eigenvalue weighted by Gasteiger charge is 2.39. The first-order chi connectivity index (χ1) is 23.3. The lowest BCUT2D eigenvalue weighted by Gasteiger charge is -2.27. The molecule has 1 aliphatic carbocycles. The van der Waals surface area contributed by atoms with Crippen LogP contribution in [0.15, 0.2) is 121 Å². The van der Waals surface area contributed by atoms with E-state index in [-0.39, 0.29) is 45.1 Å². The maximum absolute atomic E-state index is 14.8. The average Bonchev–Trinajstić information content (AvgIpc) is 3.09. The Balaban J connectivity index is 1.44. The van der Waals surface area contributed by atoms with Crippen LogP contribution in [0.3, 0.4) is 0 Å². The quantitative estimate of drug-likeness (QED) is 0.122. The molecule has 6 N–H and O–H groups in total. The number of hydrogen-bond acceptors (Lipinski definition) is 8. The Labute approximate surface area is 278 Å². The Morgan fingerprint density at radius 3 is 1.21 bits per heavy atom. The lowest BCUT2D eigenvalue weighted by molar-refractivity contribution is 0.0981. The zero-order valence-electron chi connectivity index (χ0n) is 26.3. The number of ketones is 2. The molecule has 0 radical (unpaired) electrons. The highest BCUT2D eigenvalue weighted by atomic mass is 16.5. The first-order valence-corrected chi connectivity index (χ1v) is 15.4. The molecule has 1 aliphatic rings. The van der Waals surface area contributed by atoms with Crippen LogP contribution >= 0.6 is 0 Å². The Kier molecular flexibility index (Phi) is 7.74. The van der Waals surface area contributed by atoms with Gasteiger partial charge < -0.3 is 31.6 Å². The van der Waals surface area contributed by atoms with E-state index in [1.807, 2.05) is 98.8 Å². The van der Waals surface area contributed by atoms with Crippen molar-refractivity contribution < 1.29 is 19.1 Å². The number of anilines is 6. The molecule has 0 saturated heterocycles. The normalized spacial score (nSPS) is 11.8. The molecular formula is C40H32N4O4. The fourth-order valence-corrected chi connectivity index (χ4v) is 5.72. The number of nitrogens with one attached hydrogen (secondary N) is 2. The second-order valence-corrected chi connectivity index (χ2v) is 11.6. The van der Waals surface area contributed by atoms with Crippen LogP contribution in [-0.2, 0) is 0 Å². The molecule has 0 amide bonds. The number of benzene rings is 6. The molecule has 6 aromatic rings. The topological polar surface area (TPSA) is 129 Å².